The van der Waals surface area contributed by atoms with E-state index in [-0.39, 0.29) is 5.82 Å². The molecule has 0 saturated carbocycles. The number of hydrogen-bond acceptors (Lipinski definition) is 5. The van der Waals surface area contributed by atoms with E-state index in [0.717, 1.165) is 17.8 Å². The van der Waals surface area contributed by atoms with Crippen molar-refractivity contribution < 1.29 is 13.2 Å². The molecule has 4 rings (SSSR count). The summed E-state index contributed by atoms with van der Waals surface area (Å²) in [6.07, 6.45) is -2.10. The highest BCUT2D eigenvalue weighted by molar-refractivity contribution is 5.81. The molecule has 2 N–H and O–H groups in total. The Bertz CT molecular complexity index is 1170. The number of anilines is 2. The van der Waals surface area contributed by atoms with Crippen molar-refractivity contribution >= 4 is 22.7 Å². The molecule has 0 atom stereocenters. The predicted molar refractivity (Wildman–Crippen MR) is 96.6 cm³/mol. The summed E-state index contributed by atoms with van der Waals surface area (Å²) in [5.41, 5.74) is 1.88. The van der Waals surface area contributed by atoms with Crippen LogP contribution >= 0.6 is 0 Å². The first-order valence-corrected chi connectivity index (χ1v) is 8.09. The van der Waals surface area contributed by atoms with Gasteiger partial charge in [0.25, 0.3) is 0 Å². The highest BCUT2D eigenvalue weighted by Crippen LogP contribution is 2.29. The van der Waals surface area contributed by atoms with Gasteiger partial charge in [0.05, 0.1) is 34.4 Å². The molecule has 0 radical (unpaired) electrons. The van der Waals surface area contributed by atoms with E-state index in [4.69, 9.17) is 5.26 Å². The lowest BCUT2D eigenvalue weighted by atomic mass is 10.1. The normalized spacial score (nSPS) is 11.4. The number of nitrogens with zero attached hydrogens (tertiary/aromatic N) is 4. The molecule has 4 aromatic rings. The topological polar surface area (TPSA) is 90.3 Å². The largest absolute Gasteiger partial charge is 0.417 e. The van der Waals surface area contributed by atoms with E-state index in [0.29, 0.717) is 28.2 Å². The first-order valence-electron chi connectivity index (χ1n) is 8.09. The number of rotatable bonds is 3. The van der Waals surface area contributed by atoms with Gasteiger partial charge in [0, 0.05) is 17.8 Å². The van der Waals surface area contributed by atoms with Crippen LogP contribution in [-0.4, -0.2) is 19.9 Å². The minimum atomic E-state index is -4.43. The van der Waals surface area contributed by atoms with Gasteiger partial charge in [-0.1, -0.05) is 0 Å². The smallest absolute Gasteiger partial charge is 0.337 e. The third-order valence-corrected chi connectivity index (χ3v) is 4.00. The zero-order valence-corrected chi connectivity index (χ0v) is 14.1. The Morgan fingerprint density at radius 2 is 1.71 bits per heavy atom. The van der Waals surface area contributed by atoms with Gasteiger partial charge in [0.2, 0.25) is 0 Å². The van der Waals surface area contributed by atoms with Crippen molar-refractivity contribution in [3.05, 3.63) is 66.0 Å². The summed E-state index contributed by atoms with van der Waals surface area (Å²) < 4.78 is 37.8. The Hall–Kier alpha value is -3.93. The average molecular weight is 380 g/mol. The number of hydrogen-bond donors (Lipinski definition) is 2. The molecule has 0 spiro atoms. The SMILES string of the molecule is N#Cc1ccc(-c2nc3cc(Nc4ccc(C(F)(F)F)cn4)ncc3[nH]2)cc1. The third-order valence-electron chi connectivity index (χ3n) is 4.00. The number of alkyl halides is 3. The van der Waals surface area contributed by atoms with Crippen LogP contribution < -0.4 is 5.32 Å². The Kier molecular flexibility index (Phi) is 4.16. The molecule has 138 valence electrons. The second-order valence-electron chi connectivity index (χ2n) is 5.92. The van der Waals surface area contributed by atoms with E-state index in [1.54, 1.807) is 36.5 Å². The van der Waals surface area contributed by atoms with Crippen LogP contribution in [0.2, 0.25) is 0 Å². The fourth-order valence-electron chi connectivity index (χ4n) is 2.58. The number of pyridine rings is 2. The van der Waals surface area contributed by atoms with Crippen molar-refractivity contribution in [2.75, 3.05) is 5.32 Å². The van der Waals surface area contributed by atoms with Crippen LogP contribution in [0.4, 0.5) is 24.8 Å². The second-order valence-corrected chi connectivity index (χ2v) is 5.92. The molecule has 0 aliphatic carbocycles. The van der Waals surface area contributed by atoms with Gasteiger partial charge in [0.15, 0.2) is 0 Å². The number of fused-ring (bicyclic) bond motifs is 1. The number of aromatic amines is 1. The molecule has 9 heteroatoms. The van der Waals surface area contributed by atoms with Gasteiger partial charge in [0.1, 0.15) is 17.5 Å². The van der Waals surface area contributed by atoms with Gasteiger partial charge < -0.3 is 10.3 Å². The van der Waals surface area contributed by atoms with Gasteiger partial charge in [-0.25, -0.2) is 15.0 Å². The Labute approximate surface area is 156 Å². The summed E-state index contributed by atoms with van der Waals surface area (Å²) in [5.74, 6) is 1.26. The van der Waals surface area contributed by atoms with Gasteiger partial charge in [-0.15, -0.1) is 0 Å². The summed E-state index contributed by atoms with van der Waals surface area (Å²) in [6.45, 7) is 0. The van der Waals surface area contributed by atoms with Crippen molar-refractivity contribution in [3.63, 3.8) is 0 Å². The summed E-state index contributed by atoms with van der Waals surface area (Å²) in [4.78, 5) is 15.6. The number of nitriles is 1. The molecular weight excluding hydrogens is 369 g/mol. The third kappa shape index (κ3) is 3.48. The first-order chi connectivity index (χ1) is 13.4. The van der Waals surface area contributed by atoms with E-state index in [2.05, 4.69) is 31.3 Å². The van der Waals surface area contributed by atoms with Crippen LogP contribution in [-0.2, 0) is 6.18 Å². The van der Waals surface area contributed by atoms with E-state index < -0.39 is 11.7 Å². The number of nitrogens with one attached hydrogen (secondary N) is 2. The van der Waals surface area contributed by atoms with Crippen molar-refractivity contribution in [3.8, 4) is 17.5 Å². The molecule has 0 unspecified atom stereocenters. The zero-order chi connectivity index (χ0) is 19.7. The van der Waals surface area contributed by atoms with E-state index in [9.17, 15) is 13.2 Å². The van der Waals surface area contributed by atoms with Crippen LogP contribution in [0.15, 0.2) is 54.9 Å². The molecule has 0 aliphatic heterocycles. The lowest BCUT2D eigenvalue weighted by molar-refractivity contribution is -0.137. The van der Waals surface area contributed by atoms with Crippen LogP contribution in [0.5, 0.6) is 0 Å². The quantitative estimate of drug-likeness (QED) is 0.540. The standard InChI is InChI=1S/C19H11F3N6/c20-19(21,22)13-5-6-16(24-9-13)28-17-7-14-15(10-25-17)27-18(26-14)12-3-1-11(8-23)2-4-12/h1-7,9-10H,(H,26,27)(H,24,25,28). The highest BCUT2D eigenvalue weighted by atomic mass is 19.4. The monoisotopic (exact) mass is 380 g/mol. The van der Waals surface area contributed by atoms with Gasteiger partial charge in [-0.3, -0.25) is 0 Å². The van der Waals surface area contributed by atoms with Crippen molar-refractivity contribution in [1.29, 1.82) is 5.26 Å². The minimum absolute atomic E-state index is 0.239. The van der Waals surface area contributed by atoms with Crippen LogP contribution in [0.25, 0.3) is 22.4 Å². The summed E-state index contributed by atoms with van der Waals surface area (Å²) in [6, 6.07) is 12.9. The minimum Gasteiger partial charge on any atom is -0.337 e. The molecular formula is C19H11F3N6. The lowest BCUT2D eigenvalue weighted by Gasteiger charge is -2.08. The maximum absolute atomic E-state index is 12.6. The molecule has 1 aromatic carbocycles. The van der Waals surface area contributed by atoms with E-state index in [1.165, 1.54) is 6.07 Å². The van der Waals surface area contributed by atoms with Crippen LogP contribution in [0, 0.1) is 11.3 Å². The average Bonchev–Trinajstić information content (AvgIpc) is 3.11. The van der Waals surface area contributed by atoms with Gasteiger partial charge in [-0.2, -0.15) is 18.4 Å². The van der Waals surface area contributed by atoms with Crippen LogP contribution in [0.1, 0.15) is 11.1 Å². The number of imidazole rings is 1. The Morgan fingerprint density at radius 3 is 2.36 bits per heavy atom. The molecule has 3 aromatic heterocycles. The number of benzene rings is 1. The maximum atomic E-state index is 12.6. The highest BCUT2D eigenvalue weighted by Gasteiger charge is 2.30. The van der Waals surface area contributed by atoms with Crippen LogP contribution in [0.3, 0.4) is 0 Å². The molecule has 6 nitrogen and oxygen atoms in total. The number of H-pyrrole nitrogens is 1. The second kappa shape index (κ2) is 6.66. The molecule has 0 amide bonds. The molecule has 0 bridgehead atoms. The fourth-order valence-corrected chi connectivity index (χ4v) is 2.58. The summed E-state index contributed by atoms with van der Waals surface area (Å²) in [5, 5.41) is 11.7. The summed E-state index contributed by atoms with van der Waals surface area (Å²) in [7, 11) is 0. The first kappa shape index (κ1) is 17.5. The van der Waals surface area contributed by atoms with E-state index in [1.807, 2.05) is 0 Å². The number of halogens is 3. The van der Waals surface area contributed by atoms with Crippen molar-refractivity contribution in [2.24, 2.45) is 0 Å². The van der Waals surface area contributed by atoms with Gasteiger partial charge in [-0.05, 0) is 36.4 Å². The van der Waals surface area contributed by atoms with Crippen molar-refractivity contribution in [1.82, 2.24) is 19.9 Å². The molecule has 28 heavy (non-hydrogen) atoms. The van der Waals surface area contributed by atoms with Gasteiger partial charge >= 0.3 is 6.18 Å². The van der Waals surface area contributed by atoms with E-state index >= 15 is 0 Å². The predicted octanol–water partition coefficient (Wildman–Crippen LogP) is 4.65. The summed E-state index contributed by atoms with van der Waals surface area (Å²) >= 11 is 0. The Morgan fingerprint density at radius 1 is 0.964 bits per heavy atom. The molecule has 3 heterocycles. The lowest BCUT2D eigenvalue weighted by Crippen LogP contribution is -2.06. The number of aromatic nitrogens is 4. The zero-order valence-electron chi connectivity index (χ0n) is 14.1. The molecule has 0 fully saturated rings. The van der Waals surface area contributed by atoms with Crippen molar-refractivity contribution in [2.45, 2.75) is 6.18 Å². The fraction of sp³-hybridized carbons (Fsp3) is 0.0526. The Balaban J connectivity index is 1.58. The molecule has 0 aliphatic rings. The maximum Gasteiger partial charge on any atom is 0.417 e. The molecule has 0 saturated heterocycles.